The van der Waals surface area contributed by atoms with Gasteiger partial charge in [-0.15, -0.1) is 0 Å². The first-order chi connectivity index (χ1) is 7.56. The smallest absolute Gasteiger partial charge is 0.108 e. The van der Waals surface area contributed by atoms with E-state index < -0.39 is 0 Å². The summed E-state index contributed by atoms with van der Waals surface area (Å²) in [7, 11) is 1.91. The van der Waals surface area contributed by atoms with Gasteiger partial charge in [0.15, 0.2) is 0 Å². The van der Waals surface area contributed by atoms with Crippen LogP contribution in [0.3, 0.4) is 0 Å². The monoisotopic (exact) mass is 219 g/mol. The van der Waals surface area contributed by atoms with Crippen molar-refractivity contribution in [3.8, 4) is 11.3 Å². The van der Waals surface area contributed by atoms with Crippen molar-refractivity contribution in [2.75, 3.05) is 0 Å². The number of nitrogens with one attached hydrogen (secondary N) is 1. The molecule has 5 nitrogen and oxygen atoms in total. The van der Waals surface area contributed by atoms with E-state index in [9.17, 15) is 0 Å². The molecule has 0 bridgehead atoms. The Morgan fingerprint density at radius 3 is 2.88 bits per heavy atom. The summed E-state index contributed by atoms with van der Waals surface area (Å²) in [6, 6.07) is 0.119. The third-order valence-corrected chi connectivity index (χ3v) is 2.45. The lowest BCUT2D eigenvalue weighted by Crippen LogP contribution is -2.18. The van der Waals surface area contributed by atoms with E-state index in [0.29, 0.717) is 0 Å². The van der Waals surface area contributed by atoms with E-state index in [4.69, 9.17) is 5.73 Å². The topological polar surface area (TPSA) is 72.5 Å². The van der Waals surface area contributed by atoms with Crippen LogP contribution in [0.15, 0.2) is 12.4 Å². The predicted octanol–water partition coefficient (Wildman–Crippen LogP) is 1.01. The molecule has 2 heterocycles. The minimum absolute atomic E-state index is 0.119. The second-order valence-electron chi connectivity index (χ2n) is 4.23. The summed E-state index contributed by atoms with van der Waals surface area (Å²) in [6.45, 7) is 3.96. The van der Waals surface area contributed by atoms with Crippen molar-refractivity contribution >= 4 is 0 Å². The Morgan fingerprint density at radius 2 is 2.31 bits per heavy atom. The largest absolute Gasteiger partial charge is 0.342 e. The predicted molar refractivity (Wildman–Crippen MR) is 62.9 cm³/mol. The molecule has 0 saturated heterocycles. The zero-order chi connectivity index (χ0) is 11.7. The molecule has 0 aliphatic heterocycles. The maximum absolute atomic E-state index is 5.73. The zero-order valence-corrected chi connectivity index (χ0v) is 9.86. The van der Waals surface area contributed by atoms with E-state index in [1.165, 1.54) is 0 Å². The molecule has 0 spiro atoms. The molecule has 0 saturated carbocycles. The highest BCUT2D eigenvalue weighted by Crippen LogP contribution is 2.20. The van der Waals surface area contributed by atoms with Crippen LogP contribution in [0.1, 0.15) is 18.4 Å². The number of nitrogens with two attached hydrogens (primary N) is 1. The van der Waals surface area contributed by atoms with Crippen LogP contribution in [-0.2, 0) is 13.5 Å². The van der Waals surface area contributed by atoms with Gasteiger partial charge in [-0.05, 0) is 13.8 Å². The SMILES string of the molecule is Cc1nn(C)cc1-c1cnc(CC(C)N)[nH]1. The first-order valence-corrected chi connectivity index (χ1v) is 5.36. The maximum atomic E-state index is 5.73. The highest BCUT2D eigenvalue weighted by atomic mass is 15.2. The summed E-state index contributed by atoms with van der Waals surface area (Å²) in [5.74, 6) is 0.924. The van der Waals surface area contributed by atoms with E-state index >= 15 is 0 Å². The van der Waals surface area contributed by atoms with Crippen LogP contribution in [0.4, 0.5) is 0 Å². The molecule has 0 fully saturated rings. The summed E-state index contributed by atoms with van der Waals surface area (Å²) in [4.78, 5) is 7.58. The molecule has 1 atom stereocenters. The number of H-pyrrole nitrogens is 1. The average molecular weight is 219 g/mol. The normalized spacial score (nSPS) is 13.0. The van der Waals surface area contributed by atoms with Crippen LogP contribution in [0.2, 0.25) is 0 Å². The molecule has 0 aliphatic rings. The second-order valence-corrected chi connectivity index (χ2v) is 4.23. The van der Waals surface area contributed by atoms with Crippen molar-refractivity contribution in [3.63, 3.8) is 0 Å². The Hall–Kier alpha value is -1.62. The molecule has 0 aromatic carbocycles. The molecule has 1 unspecified atom stereocenters. The van der Waals surface area contributed by atoms with E-state index in [2.05, 4.69) is 15.1 Å². The molecule has 0 radical (unpaired) electrons. The van der Waals surface area contributed by atoms with Crippen molar-refractivity contribution in [1.82, 2.24) is 19.7 Å². The van der Waals surface area contributed by atoms with Gasteiger partial charge in [-0.2, -0.15) is 5.10 Å². The van der Waals surface area contributed by atoms with Gasteiger partial charge >= 0.3 is 0 Å². The van der Waals surface area contributed by atoms with Crippen molar-refractivity contribution in [2.45, 2.75) is 26.3 Å². The van der Waals surface area contributed by atoms with Gasteiger partial charge in [-0.1, -0.05) is 0 Å². The lowest BCUT2D eigenvalue weighted by molar-refractivity contribution is 0.710. The van der Waals surface area contributed by atoms with Crippen molar-refractivity contribution in [1.29, 1.82) is 0 Å². The van der Waals surface area contributed by atoms with Crippen LogP contribution in [0.25, 0.3) is 11.3 Å². The number of aryl methyl sites for hydroxylation is 2. The van der Waals surface area contributed by atoms with Gasteiger partial charge in [-0.25, -0.2) is 4.98 Å². The van der Waals surface area contributed by atoms with Crippen molar-refractivity contribution in [2.24, 2.45) is 12.8 Å². The van der Waals surface area contributed by atoms with E-state index in [-0.39, 0.29) is 6.04 Å². The molecule has 3 N–H and O–H groups in total. The Kier molecular flexibility index (Phi) is 2.78. The Morgan fingerprint density at radius 1 is 1.56 bits per heavy atom. The zero-order valence-electron chi connectivity index (χ0n) is 9.86. The molecule has 2 rings (SSSR count). The lowest BCUT2D eigenvalue weighted by Gasteiger charge is -2.00. The number of hydrogen-bond donors (Lipinski definition) is 2. The van der Waals surface area contributed by atoms with Gasteiger partial charge in [0, 0.05) is 31.3 Å². The maximum Gasteiger partial charge on any atom is 0.108 e. The molecular weight excluding hydrogens is 202 g/mol. The molecule has 2 aromatic heterocycles. The molecule has 0 aliphatic carbocycles. The fourth-order valence-corrected chi connectivity index (χ4v) is 1.77. The van der Waals surface area contributed by atoms with E-state index in [1.54, 1.807) is 4.68 Å². The van der Waals surface area contributed by atoms with Gasteiger partial charge in [0.2, 0.25) is 0 Å². The number of aromatic nitrogens is 4. The number of aromatic amines is 1. The lowest BCUT2D eigenvalue weighted by atomic mass is 10.2. The fourth-order valence-electron chi connectivity index (χ4n) is 1.77. The molecule has 2 aromatic rings. The van der Waals surface area contributed by atoms with Crippen molar-refractivity contribution < 1.29 is 0 Å². The molecule has 16 heavy (non-hydrogen) atoms. The Balaban J connectivity index is 2.28. The van der Waals surface area contributed by atoms with Crippen LogP contribution < -0.4 is 5.73 Å². The van der Waals surface area contributed by atoms with Gasteiger partial charge < -0.3 is 10.7 Å². The van der Waals surface area contributed by atoms with Gasteiger partial charge in [0.05, 0.1) is 17.6 Å². The first-order valence-electron chi connectivity index (χ1n) is 5.36. The summed E-state index contributed by atoms with van der Waals surface area (Å²) in [5.41, 5.74) is 8.82. The van der Waals surface area contributed by atoms with Crippen molar-refractivity contribution in [3.05, 3.63) is 23.9 Å². The summed E-state index contributed by atoms with van der Waals surface area (Å²) in [5, 5.41) is 4.30. The van der Waals surface area contributed by atoms with Gasteiger partial charge in [-0.3, -0.25) is 4.68 Å². The molecule has 5 heteroatoms. The standard InChI is InChI=1S/C11H17N5/c1-7(12)4-11-13-5-10(14-11)9-6-16(3)15-8(9)2/h5-7H,4,12H2,1-3H3,(H,13,14). The quantitative estimate of drug-likeness (QED) is 0.809. The second kappa shape index (κ2) is 4.09. The average Bonchev–Trinajstić information content (AvgIpc) is 2.72. The third kappa shape index (κ3) is 2.14. The summed E-state index contributed by atoms with van der Waals surface area (Å²) < 4.78 is 1.80. The number of nitrogens with zero attached hydrogens (tertiary/aromatic N) is 3. The Labute approximate surface area is 94.7 Å². The summed E-state index contributed by atoms with van der Waals surface area (Å²) in [6.07, 6.45) is 4.58. The molecule has 86 valence electrons. The number of rotatable bonds is 3. The van der Waals surface area contributed by atoms with Crippen LogP contribution in [0, 0.1) is 6.92 Å². The first kappa shape index (κ1) is 10.9. The third-order valence-electron chi connectivity index (χ3n) is 2.45. The van der Waals surface area contributed by atoms with E-state index in [1.807, 2.05) is 33.3 Å². The van der Waals surface area contributed by atoms with Crippen LogP contribution >= 0.6 is 0 Å². The van der Waals surface area contributed by atoms with Gasteiger partial charge in [0.25, 0.3) is 0 Å². The molecule has 0 amide bonds. The Bertz CT molecular complexity index is 480. The van der Waals surface area contributed by atoms with Gasteiger partial charge in [0.1, 0.15) is 5.82 Å². The highest BCUT2D eigenvalue weighted by molar-refractivity contribution is 5.60. The number of hydrogen-bond acceptors (Lipinski definition) is 3. The molecular formula is C11H17N5. The minimum Gasteiger partial charge on any atom is -0.342 e. The van der Waals surface area contributed by atoms with Crippen LogP contribution in [-0.4, -0.2) is 25.8 Å². The van der Waals surface area contributed by atoms with E-state index in [0.717, 1.165) is 29.2 Å². The number of imidazole rings is 1. The van der Waals surface area contributed by atoms with Crippen LogP contribution in [0.5, 0.6) is 0 Å². The summed E-state index contributed by atoms with van der Waals surface area (Å²) >= 11 is 0. The fraction of sp³-hybridized carbons (Fsp3) is 0.455. The highest BCUT2D eigenvalue weighted by Gasteiger charge is 2.09. The minimum atomic E-state index is 0.119.